The second-order valence-corrected chi connectivity index (χ2v) is 10.2. The molecule has 1 N–H and O–H groups in total. The molecule has 1 atom stereocenters. The van der Waals surface area contributed by atoms with Gasteiger partial charge in [0.05, 0.1) is 16.5 Å². The number of carbonyl (C=O) groups excluding carboxylic acids is 2. The van der Waals surface area contributed by atoms with Gasteiger partial charge in [-0.2, -0.15) is 0 Å². The van der Waals surface area contributed by atoms with Crippen molar-refractivity contribution >= 4 is 50.9 Å². The van der Waals surface area contributed by atoms with Crippen LogP contribution in [-0.2, 0) is 29.0 Å². The van der Waals surface area contributed by atoms with Crippen LogP contribution in [0.2, 0.25) is 10.0 Å². The van der Waals surface area contributed by atoms with Crippen LogP contribution in [0.5, 0.6) is 0 Å². The lowest BCUT2D eigenvalue weighted by Crippen LogP contribution is -2.51. The first-order valence-electron chi connectivity index (χ1n) is 11.7. The SMILES string of the molecule is CCCCNC(=O)[C@@H](Cc1ccccc1)N(Cc1cccc(Br)c1)C(=O)Cc1ccc(Cl)c(Cl)c1. The standard InChI is InChI=1S/C28H29BrCl2N2O2/c1-2-3-14-32-28(35)26(17-20-8-5-4-6-9-20)33(19-22-10-7-11-23(29)15-22)27(34)18-21-12-13-24(30)25(31)16-21/h4-13,15-16,26H,2-3,14,17-19H2,1H3,(H,32,35)/t26-/m1/s1. The molecule has 0 aliphatic heterocycles. The Kier molecular flexibility index (Phi) is 10.6. The zero-order valence-electron chi connectivity index (χ0n) is 19.6. The quantitative estimate of drug-likeness (QED) is 0.254. The molecule has 184 valence electrons. The van der Waals surface area contributed by atoms with Crippen molar-refractivity contribution in [2.45, 2.75) is 45.2 Å². The maximum absolute atomic E-state index is 13.7. The van der Waals surface area contributed by atoms with Crippen molar-refractivity contribution in [2.24, 2.45) is 0 Å². The van der Waals surface area contributed by atoms with Crippen molar-refractivity contribution in [3.63, 3.8) is 0 Å². The van der Waals surface area contributed by atoms with Gasteiger partial charge in [-0.3, -0.25) is 9.59 Å². The number of amides is 2. The zero-order chi connectivity index (χ0) is 25.2. The van der Waals surface area contributed by atoms with E-state index < -0.39 is 6.04 Å². The van der Waals surface area contributed by atoms with Crippen molar-refractivity contribution in [3.05, 3.63) is 104 Å². The van der Waals surface area contributed by atoms with E-state index in [2.05, 4.69) is 28.2 Å². The number of halogens is 3. The molecule has 0 aliphatic rings. The third kappa shape index (κ3) is 8.38. The first-order chi connectivity index (χ1) is 16.9. The summed E-state index contributed by atoms with van der Waals surface area (Å²) < 4.78 is 0.916. The summed E-state index contributed by atoms with van der Waals surface area (Å²) in [6.07, 6.45) is 2.38. The summed E-state index contributed by atoms with van der Waals surface area (Å²) >= 11 is 15.8. The van der Waals surface area contributed by atoms with Gasteiger partial charge in [-0.15, -0.1) is 0 Å². The lowest BCUT2D eigenvalue weighted by atomic mass is 10.0. The Morgan fingerprint density at radius 1 is 0.914 bits per heavy atom. The van der Waals surface area contributed by atoms with Gasteiger partial charge in [-0.25, -0.2) is 0 Å². The maximum Gasteiger partial charge on any atom is 0.243 e. The lowest BCUT2D eigenvalue weighted by molar-refractivity contribution is -0.140. The predicted octanol–water partition coefficient (Wildman–Crippen LogP) is 6.85. The van der Waals surface area contributed by atoms with Crippen molar-refractivity contribution in [3.8, 4) is 0 Å². The van der Waals surface area contributed by atoms with E-state index in [-0.39, 0.29) is 18.2 Å². The van der Waals surface area contributed by atoms with Gasteiger partial charge in [0.1, 0.15) is 6.04 Å². The fraction of sp³-hybridized carbons (Fsp3) is 0.286. The van der Waals surface area contributed by atoms with Gasteiger partial charge >= 0.3 is 0 Å². The Morgan fingerprint density at radius 2 is 1.66 bits per heavy atom. The summed E-state index contributed by atoms with van der Waals surface area (Å²) in [4.78, 5) is 28.8. The van der Waals surface area contributed by atoms with E-state index in [9.17, 15) is 9.59 Å². The molecule has 0 heterocycles. The summed E-state index contributed by atoms with van der Waals surface area (Å²) in [5.74, 6) is -0.310. The Balaban J connectivity index is 1.95. The highest BCUT2D eigenvalue weighted by Gasteiger charge is 2.30. The molecular weight excluding hydrogens is 547 g/mol. The third-order valence-electron chi connectivity index (χ3n) is 5.68. The van der Waals surface area contributed by atoms with E-state index in [1.54, 1.807) is 23.1 Å². The maximum atomic E-state index is 13.7. The predicted molar refractivity (Wildman–Crippen MR) is 147 cm³/mol. The smallest absolute Gasteiger partial charge is 0.243 e. The monoisotopic (exact) mass is 574 g/mol. The molecule has 3 aromatic carbocycles. The van der Waals surface area contributed by atoms with E-state index in [4.69, 9.17) is 23.2 Å². The molecule has 0 radical (unpaired) electrons. The van der Waals surface area contributed by atoms with E-state index in [0.29, 0.717) is 29.6 Å². The fourth-order valence-corrected chi connectivity index (χ4v) is 4.59. The molecule has 0 unspecified atom stereocenters. The highest BCUT2D eigenvalue weighted by molar-refractivity contribution is 9.10. The first kappa shape index (κ1) is 27.3. The van der Waals surface area contributed by atoms with Crippen LogP contribution in [0, 0.1) is 0 Å². The van der Waals surface area contributed by atoms with Crippen molar-refractivity contribution in [1.29, 1.82) is 0 Å². The number of hydrogen-bond acceptors (Lipinski definition) is 2. The summed E-state index contributed by atoms with van der Waals surface area (Å²) in [6, 6.07) is 22.1. The molecule has 0 aromatic heterocycles. The molecule has 0 fully saturated rings. The Hall–Kier alpha value is -2.34. The minimum atomic E-state index is -0.663. The fourth-order valence-electron chi connectivity index (χ4n) is 3.82. The van der Waals surface area contributed by atoms with E-state index in [1.807, 2.05) is 54.6 Å². The Bertz CT molecular complexity index is 1140. The molecule has 0 saturated heterocycles. The van der Waals surface area contributed by atoms with Gasteiger partial charge in [0.2, 0.25) is 11.8 Å². The second-order valence-electron chi connectivity index (χ2n) is 8.43. The van der Waals surface area contributed by atoms with E-state index in [1.165, 1.54) is 0 Å². The molecular formula is C28H29BrCl2N2O2. The third-order valence-corrected chi connectivity index (χ3v) is 6.91. The van der Waals surface area contributed by atoms with Crippen LogP contribution in [0.15, 0.2) is 77.3 Å². The summed E-state index contributed by atoms with van der Waals surface area (Å²) in [5, 5.41) is 3.87. The number of unbranched alkanes of at least 4 members (excludes halogenated alkanes) is 1. The molecule has 0 bridgehead atoms. The largest absolute Gasteiger partial charge is 0.354 e. The lowest BCUT2D eigenvalue weighted by Gasteiger charge is -2.32. The average Bonchev–Trinajstić information content (AvgIpc) is 2.84. The van der Waals surface area contributed by atoms with Crippen LogP contribution in [0.25, 0.3) is 0 Å². The van der Waals surface area contributed by atoms with Crippen LogP contribution in [-0.4, -0.2) is 29.3 Å². The summed E-state index contributed by atoms with van der Waals surface area (Å²) in [6.45, 7) is 2.96. The van der Waals surface area contributed by atoms with Gasteiger partial charge in [0.15, 0.2) is 0 Å². The number of rotatable bonds is 11. The molecule has 0 saturated carbocycles. The van der Waals surface area contributed by atoms with E-state index in [0.717, 1.165) is 34.0 Å². The summed E-state index contributed by atoms with van der Waals surface area (Å²) in [7, 11) is 0. The molecule has 0 spiro atoms. The van der Waals surface area contributed by atoms with Gasteiger partial charge in [-0.1, -0.05) is 101 Å². The molecule has 35 heavy (non-hydrogen) atoms. The highest BCUT2D eigenvalue weighted by atomic mass is 79.9. The number of benzene rings is 3. The zero-order valence-corrected chi connectivity index (χ0v) is 22.7. The van der Waals surface area contributed by atoms with Crippen LogP contribution >= 0.6 is 39.1 Å². The molecule has 0 aliphatic carbocycles. The van der Waals surface area contributed by atoms with Crippen molar-refractivity contribution in [1.82, 2.24) is 10.2 Å². The summed E-state index contributed by atoms with van der Waals surface area (Å²) in [5.41, 5.74) is 2.67. The Morgan fingerprint density at radius 3 is 2.34 bits per heavy atom. The Labute approximate surface area is 225 Å². The van der Waals surface area contributed by atoms with Crippen LogP contribution in [0.4, 0.5) is 0 Å². The van der Waals surface area contributed by atoms with Gasteiger partial charge in [0, 0.05) is 24.0 Å². The highest BCUT2D eigenvalue weighted by Crippen LogP contribution is 2.24. The normalized spacial score (nSPS) is 11.7. The molecule has 2 amide bonds. The minimum Gasteiger partial charge on any atom is -0.354 e. The number of nitrogens with zero attached hydrogens (tertiary/aromatic N) is 1. The molecule has 3 aromatic rings. The number of carbonyl (C=O) groups is 2. The molecule has 4 nitrogen and oxygen atoms in total. The topological polar surface area (TPSA) is 49.4 Å². The molecule has 3 rings (SSSR count). The minimum absolute atomic E-state index is 0.110. The van der Waals surface area contributed by atoms with Crippen molar-refractivity contribution in [2.75, 3.05) is 6.54 Å². The van der Waals surface area contributed by atoms with E-state index >= 15 is 0 Å². The van der Waals surface area contributed by atoms with Crippen LogP contribution < -0.4 is 5.32 Å². The molecule has 7 heteroatoms. The van der Waals surface area contributed by atoms with Gasteiger partial charge in [-0.05, 0) is 47.4 Å². The van der Waals surface area contributed by atoms with Crippen LogP contribution in [0.3, 0.4) is 0 Å². The first-order valence-corrected chi connectivity index (χ1v) is 13.2. The van der Waals surface area contributed by atoms with Gasteiger partial charge in [0.25, 0.3) is 0 Å². The number of nitrogens with one attached hydrogen (secondary N) is 1. The van der Waals surface area contributed by atoms with Gasteiger partial charge < -0.3 is 10.2 Å². The average molecular weight is 576 g/mol. The second kappa shape index (κ2) is 13.7. The van der Waals surface area contributed by atoms with Crippen LogP contribution in [0.1, 0.15) is 36.5 Å². The number of hydrogen-bond donors (Lipinski definition) is 1. The van der Waals surface area contributed by atoms with Crippen molar-refractivity contribution < 1.29 is 9.59 Å².